The van der Waals surface area contributed by atoms with Crippen molar-refractivity contribution in [2.75, 3.05) is 6.61 Å². The van der Waals surface area contributed by atoms with Crippen molar-refractivity contribution < 1.29 is 19.4 Å². The fourth-order valence-corrected chi connectivity index (χ4v) is 2.12. The molecule has 24 heavy (non-hydrogen) atoms. The van der Waals surface area contributed by atoms with Crippen molar-refractivity contribution >= 4 is 17.8 Å². The Morgan fingerprint density at radius 1 is 1.04 bits per heavy atom. The van der Waals surface area contributed by atoms with E-state index in [9.17, 15) is 9.59 Å². The van der Waals surface area contributed by atoms with Gasteiger partial charge >= 0.3 is 5.97 Å². The highest BCUT2D eigenvalue weighted by Gasteiger charge is 2.04. The van der Waals surface area contributed by atoms with E-state index in [0.29, 0.717) is 17.2 Å². The molecule has 0 aliphatic heterocycles. The van der Waals surface area contributed by atoms with Crippen LogP contribution in [0, 0.1) is 0 Å². The first kappa shape index (κ1) is 17.5. The average Bonchev–Trinajstić information content (AvgIpc) is 2.58. The standard InChI is InChI=1S/C20H20O4/c1-14(2)16-6-3-15(4-7-16)5-12-19(21)17-8-10-18(11-9-17)24-13-20(22)23/h3-12,14H,13H2,1-2H3,(H,22,23)/b12-5+. The molecule has 0 amide bonds. The Kier molecular flexibility index (Phi) is 5.90. The number of carbonyl (C=O) groups is 2. The number of aliphatic carboxylic acids is 1. The minimum Gasteiger partial charge on any atom is -0.482 e. The Morgan fingerprint density at radius 3 is 2.21 bits per heavy atom. The molecule has 0 aliphatic carbocycles. The predicted molar refractivity (Wildman–Crippen MR) is 93.5 cm³/mol. The van der Waals surface area contributed by atoms with Gasteiger partial charge < -0.3 is 9.84 Å². The van der Waals surface area contributed by atoms with Crippen LogP contribution >= 0.6 is 0 Å². The molecule has 0 aromatic heterocycles. The molecule has 1 N–H and O–H groups in total. The van der Waals surface area contributed by atoms with Crippen molar-refractivity contribution in [3.8, 4) is 5.75 Å². The summed E-state index contributed by atoms with van der Waals surface area (Å²) in [6, 6.07) is 14.5. The summed E-state index contributed by atoms with van der Waals surface area (Å²) in [6.45, 7) is 3.87. The normalized spacial score (nSPS) is 11.0. The van der Waals surface area contributed by atoms with Crippen molar-refractivity contribution in [1.82, 2.24) is 0 Å². The highest BCUT2D eigenvalue weighted by atomic mass is 16.5. The Hall–Kier alpha value is -2.88. The van der Waals surface area contributed by atoms with Gasteiger partial charge in [0.1, 0.15) is 5.75 Å². The van der Waals surface area contributed by atoms with Crippen LogP contribution in [0.25, 0.3) is 6.08 Å². The van der Waals surface area contributed by atoms with Crippen molar-refractivity contribution in [2.45, 2.75) is 19.8 Å². The lowest BCUT2D eigenvalue weighted by Gasteiger charge is -2.05. The van der Waals surface area contributed by atoms with Crippen molar-refractivity contribution in [1.29, 1.82) is 0 Å². The van der Waals surface area contributed by atoms with E-state index < -0.39 is 12.6 Å². The molecule has 4 nitrogen and oxygen atoms in total. The van der Waals surface area contributed by atoms with Crippen LogP contribution in [0.3, 0.4) is 0 Å². The Morgan fingerprint density at radius 2 is 1.67 bits per heavy atom. The molecule has 0 bridgehead atoms. The van der Waals surface area contributed by atoms with Crippen LogP contribution in [0.1, 0.15) is 41.3 Å². The quantitative estimate of drug-likeness (QED) is 0.613. The first-order valence-corrected chi connectivity index (χ1v) is 7.73. The lowest BCUT2D eigenvalue weighted by molar-refractivity contribution is -0.139. The van der Waals surface area contributed by atoms with Crippen LogP contribution in [0.5, 0.6) is 5.75 Å². The van der Waals surface area contributed by atoms with E-state index in [1.807, 2.05) is 12.1 Å². The minimum atomic E-state index is -1.04. The Balaban J connectivity index is 1.99. The number of carboxylic acids is 1. The molecule has 2 aromatic carbocycles. The van der Waals surface area contributed by atoms with Crippen LogP contribution in [0.2, 0.25) is 0 Å². The number of allylic oxidation sites excluding steroid dienone is 1. The largest absolute Gasteiger partial charge is 0.482 e. The molecular formula is C20H20O4. The van der Waals surface area contributed by atoms with Crippen LogP contribution in [-0.2, 0) is 4.79 Å². The summed E-state index contributed by atoms with van der Waals surface area (Å²) in [6.07, 6.45) is 3.30. The highest BCUT2D eigenvalue weighted by Crippen LogP contribution is 2.16. The van der Waals surface area contributed by atoms with Crippen molar-refractivity contribution in [3.05, 3.63) is 71.3 Å². The molecule has 124 valence electrons. The summed E-state index contributed by atoms with van der Waals surface area (Å²) < 4.78 is 5.03. The summed E-state index contributed by atoms with van der Waals surface area (Å²) >= 11 is 0. The number of ketones is 1. The van der Waals surface area contributed by atoms with Gasteiger partial charge in [-0.2, -0.15) is 0 Å². The van der Waals surface area contributed by atoms with Gasteiger partial charge in [-0.3, -0.25) is 4.79 Å². The predicted octanol–water partition coefficient (Wildman–Crippen LogP) is 4.17. The lowest BCUT2D eigenvalue weighted by atomic mass is 10.0. The summed E-state index contributed by atoms with van der Waals surface area (Å²) in [7, 11) is 0. The Labute approximate surface area is 141 Å². The number of hydrogen-bond donors (Lipinski definition) is 1. The molecule has 0 fully saturated rings. The molecule has 0 spiro atoms. The molecule has 2 rings (SSSR count). The third-order valence-corrected chi connectivity index (χ3v) is 3.53. The van der Waals surface area contributed by atoms with Crippen molar-refractivity contribution in [3.63, 3.8) is 0 Å². The van der Waals surface area contributed by atoms with Crippen LogP contribution < -0.4 is 4.74 Å². The SMILES string of the molecule is CC(C)c1ccc(/C=C/C(=O)c2ccc(OCC(=O)O)cc2)cc1. The topological polar surface area (TPSA) is 63.6 Å². The summed E-state index contributed by atoms with van der Waals surface area (Å²) in [5.74, 6) is -0.261. The summed E-state index contributed by atoms with van der Waals surface area (Å²) in [4.78, 5) is 22.6. The van der Waals surface area contributed by atoms with Gasteiger partial charge in [-0.1, -0.05) is 44.2 Å². The number of carbonyl (C=O) groups excluding carboxylic acids is 1. The van der Waals surface area contributed by atoms with E-state index in [2.05, 4.69) is 26.0 Å². The fourth-order valence-electron chi connectivity index (χ4n) is 2.12. The zero-order valence-corrected chi connectivity index (χ0v) is 13.7. The van der Waals surface area contributed by atoms with Gasteiger partial charge in [0.05, 0.1) is 0 Å². The van der Waals surface area contributed by atoms with E-state index in [1.165, 1.54) is 11.6 Å². The number of ether oxygens (including phenoxy) is 1. The van der Waals surface area contributed by atoms with Gasteiger partial charge in [0.2, 0.25) is 0 Å². The van der Waals surface area contributed by atoms with E-state index in [4.69, 9.17) is 9.84 Å². The second kappa shape index (κ2) is 8.11. The molecule has 4 heteroatoms. The van der Waals surface area contributed by atoms with E-state index in [0.717, 1.165) is 5.56 Å². The molecule has 0 saturated carbocycles. The first-order chi connectivity index (χ1) is 11.5. The first-order valence-electron chi connectivity index (χ1n) is 7.73. The highest BCUT2D eigenvalue weighted by molar-refractivity contribution is 6.06. The third kappa shape index (κ3) is 5.09. The van der Waals surface area contributed by atoms with E-state index >= 15 is 0 Å². The van der Waals surface area contributed by atoms with Crippen LogP contribution in [-0.4, -0.2) is 23.5 Å². The third-order valence-electron chi connectivity index (χ3n) is 3.53. The van der Waals surface area contributed by atoms with Gasteiger partial charge in [-0.15, -0.1) is 0 Å². The van der Waals surface area contributed by atoms with E-state index in [-0.39, 0.29) is 5.78 Å². The molecule has 0 radical (unpaired) electrons. The molecule has 0 heterocycles. The van der Waals surface area contributed by atoms with Crippen LogP contribution in [0.15, 0.2) is 54.6 Å². The molecule has 0 atom stereocenters. The number of rotatable bonds is 7. The molecule has 0 unspecified atom stereocenters. The number of hydrogen-bond acceptors (Lipinski definition) is 3. The molecule has 2 aromatic rings. The Bertz CT molecular complexity index is 725. The molecular weight excluding hydrogens is 304 g/mol. The van der Waals surface area contributed by atoms with Gasteiger partial charge in [-0.25, -0.2) is 4.79 Å². The molecule has 0 saturated heterocycles. The summed E-state index contributed by atoms with van der Waals surface area (Å²) in [5.41, 5.74) is 2.75. The average molecular weight is 324 g/mol. The zero-order chi connectivity index (χ0) is 17.5. The fraction of sp³-hybridized carbons (Fsp3) is 0.200. The molecule has 0 aliphatic rings. The number of benzene rings is 2. The number of carboxylic acid groups (broad SMARTS) is 1. The second-order valence-electron chi connectivity index (χ2n) is 5.73. The smallest absolute Gasteiger partial charge is 0.341 e. The maximum absolute atomic E-state index is 12.1. The van der Waals surface area contributed by atoms with Crippen molar-refractivity contribution in [2.24, 2.45) is 0 Å². The monoisotopic (exact) mass is 324 g/mol. The van der Waals surface area contributed by atoms with E-state index in [1.54, 1.807) is 30.3 Å². The zero-order valence-electron chi connectivity index (χ0n) is 13.7. The second-order valence-corrected chi connectivity index (χ2v) is 5.73. The van der Waals surface area contributed by atoms with Gasteiger partial charge in [0.15, 0.2) is 12.4 Å². The maximum Gasteiger partial charge on any atom is 0.341 e. The van der Waals surface area contributed by atoms with Crippen LogP contribution in [0.4, 0.5) is 0 Å². The van der Waals surface area contributed by atoms with Gasteiger partial charge in [0.25, 0.3) is 0 Å². The lowest BCUT2D eigenvalue weighted by Crippen LogP contribution is -2.09. The minimum absolute atomic E-state index is 0.118. The summed E-state index contributed by atoms with van der Waals surface area (Å²) in [5, 5.41) is 8.55. The maximum atomic E-state index is 12.1. The van der Waals surface area contributed by atoms with Gasteiger partial charge in [-0.05, 0) is 47.4 Å². The van der Waals surface area contributed by atoms with Gasteiger partial charge in [0, 0.05) is 5.56 Å².